The second kappa shape index (κ2) is 4.09. The molecule has 0 radical (unpaired) electrons. The highest BCUT2D eigenvalue weighted by Gasteiger charge is 2.12. The lowest BCUT2D eigenvalue weighted by atomic mass is 10.4. The molecule has 72 valence electrons. The van der Waals surface area contributed by atoms with E-state index in [1.807, 2.05) is 26.0 Å². The highest BCUT2D eigenvalue weighted by atomic mass is 35.5. The third-order valence-corrected chi connectivity index (χ3v) is 3.03. The maximum absolute atomic E-state index is 5.86. The molecule has 0 amide bonds. The summed E-state index contributed by atoms with van der Waals surface area (Å²) in [5.41, 5.74) is 5.84. The number of nitrogens with two attached hydrogens (primary N) is 1. The van der Waals surface area contributed by atoms with Gasteiger partial charge in [-0.15, -0.1) is 11.8 Å². The number of benzene rings is 1. The van der Waals surface area contributed by atoms with Gasteiger partial charge in [-0.1, -0.05) is 23.2 Å². The van der Waals surface area contributed by atoms with Crippen LogP contribution in [-0.2, 0) is 0 Å². The topological polar surface area (TPSA) is 26.0 Å². The van der Waals surface area contributed by atoms with Gasteiger partial charge in [0.25, 0.3) is 0 Å². The number of rotatable bonds is 2. The molecule has 0 aliphatic heterocycles. The summed E-state index contributed by atoms with van der Waals surface area (Å²) >= 11 is 13.2. The second-order valence-electron chi connectivity index (χ2n) is 3.28. The van der Waals surface area contributed by atoms with Gasteiger partial charge in [-0.05, 0) is 32.0 Å². The van der Waals surface area contributed by atoms with Gasteiger partial charge in [0.15, 0.2) is 0 Å². The predicted molar refractivity (Wildman–Crippen MR) is 60.6 cm³/mol. The first-order valence-electron chi connectivity index (χ1n) is 3.81. The van der Waals surface area contributed by atoms with Crippen molar-refractivity contribution in [2.45, 2.75) is 23.6 Å². The van der Waals surface area contributed by atoms with Crippen molar-refractivity contribution in [2.75, 3.05) is 0 Å². The van der Waals surface area contributed by atoms with E-state index in [0.717, 1.165) is 4.90 Å². The molecule has 1 rings (SSSR count). The quantitative estimate of drug-likeness (QED) is 0.624. The van der Waals surface area contributed by atoms with Crippen LogP contribution in [0.25, 0.3) is 0 Å². The van der Waals surface area contributed by atoms with Crippen LogP contribution < -0.4 is 5.73 Å². The molecule has 0 saturated carbocycles. The summed E-state index contributed by atoms with van der Waals surface area (Å²) in [5.74, 6) is 0. The Morgan fingerprint density at radius 1 is 1.23 bits per heavy atom. The average molecular weight is 236 g/mol. The van der Waals surface area contributed by atoms with Crippen LogP contribution in [0, 0.1) is 0 Å². The SMILES string of the molecule is CC(C)(N)Sc1ccc(Cl)c(Cl)c1. The molecule has 1 aromatic rings. The Morgan fingerprint density at radius 2 is 1.85 bits per heavy atom. The van der Waals surface area contributed by atoms with Crippen molar-refractivity contribution in [1.29, 1.82) is 0 Å². The van der Waals surface area contributed by atoms with Crippen molar-refractivity contribution in [3.8, 4) is 0 Å². The van der Waals surface area contributed by atoms with Crippen LogP contribution in [0.15, 0.2) is 23.1 Å². The maximum atomic E-state index is 5.86. The highest BCUT2D eigenvalue weighted by Crippen LogP contribution is 2.32. The van der Waals surface area contributed by atoms with Crippen molar-refractivity contribution in [2.24, 2.45) is 5.73 Å². The number of hydrogen-bond acceptors (Lipinski definition) is 2. The van der Waals surface area contributed by atoms with E-state index < -0.39 is 0 Å². The van der Waals surface area contributed by atoms with Gasteiger partial charge in [-0.3, -0.25) is 0 Å². The zero-order valence-corrected chi connectivity index (χ0v) is 9.80. The molecule has 4 heteroatoms. The van der Waals surface area contributed by atoms with E-state index in [9.17, 15) is 0 Å². The molecule has 0 spiro atoms. The van der Waals surface area contributed by atoms with Crippen molar-refractivity contribution in [1.82, 2.24) is 0 Å². The monoisotopic (exact) mass is 235 g/mol. The standard InChI is InChI=1S/C9H11Cl2NS/c1-9(2,12)13-6-3-4-7(10)8(11)5-6/h3-5H,12H2,1-2H3. The van der Waals surface area contributed by atoms with Crippen LogP contribution in [-0.4, -0.2) is 4.87 Å². The van der Waals surface area contributed by atoms with Gasteiger partial charge < -0.3 is 5.73 Å². The van der Waals surface area contributed by atoms with Gasteiger partial charge in [0.2, 0.25) is 0 Å². The predicted octanol–water partition coefficient (Wildman–Crippen LogP) is 3.78. The number of thioether (sulfide) groups is 1. The van der Waals surface area contributed by atoms with Crippen molar-refractivity contribution < 1.29 is 0 Å². The first-order valence-corrected chi connectivity index (χ1v) is 5.39. The summed E-state index contributed by atoms with van der Waals surface area (Å²) in [5, 5.41) is 1.14. The van der Waals surface area contributed by atoms with E-state index in [1.54, 1.807) is 17.8 Å². The fourth-order valence-corrected chi connectivity index (χ4v) is 2.13. The summed E-state index contributed by atoms with van der Waals surface area (Å²) < 4.78 is 0. The Bertz CT molecular complexity index is 307. The van der Waals surface area contributed by atoms with Crippen molar-refractivity contribution >= 4 is 35.0 Å². The van der Waals surface area contributed by atoms with Gasteiger partial charge in [0, 0.05) is 4.90 Å². The summed E-state index contributed by atoms with van der Waals surface area (Å²) in [7, 11) is 0. The molecular weight excluding hydrogens is 225 g/mol. The van der Waals surface area contributed by atoms with Gasteiger partial charge in [-0.25, -0.2) is 0 Å². The normalized spacial score (nSPS) is 11.8. The average Bonchev–Trinajstić information content (AvgIpc) is 1.94. The smallest absolute Gasteiger partial charge is 0.0609 e. The van der Waals surface area contributed by atoms with E-state index in [1.165, 1.54) is 0 Å². The molecule has 0 aromatic heterocycles. The molecule has 1 nitrogen and oxygen atoms in total. The lowest BCUT2D eigenvalue weighted by molar-refractivity contribution is 0.758. The third kappa shape index (κ3) is 3.77. The largest absolute Gasteiger partial charge is 0.317 e. The molecule has 13 heavy (non-hydrogen) atoms. The third-order valence-electron chi connectivity index (χ3n) is 1.27. The lowest BCUT2D eigenvalue weighted by Crippen LogP contribution is -2.26. The van der Waals surface area contributed by atoms with E-state index >= 15 is 0 Å². The first-order chi connectivity index (χ1) is 5.88. The Kier molecular flexibility index (Phi) is 3.52. The molecule has 0 aliphatic rings. The number of hydrogen-bond donors (Lipinski definition) is 1. The van der Waals surface area contributed by atoms with E-state index in [2.05, 4.69) is 0 Å². The van der Waals surface area contributed by atoms with Gasteiger partial charge in [0.1, 0.15) is 0 Å². The van der Waals surface area contributed by atoms with E-state index in [4.69, 9.17) is 28.9 Å². The Labute approximate surface area is 92.6 Å². The minimum absolute atomic E-state index is 0.294. The van der Waals surface area contributed by atoms with Crippen LogP contribution in [0.3, 0.4) is 0 Å². The first kappa shape index (κ1) is 11.2. The lowest BCUT2D eigenvalue weighted by Gasteiger charge is -2.17. The second-order valence-corrected chi connectivity index (χ2v) is 5.82. The highest BCUT2D eigenvalue weighted by molar-refractivity contribution is 8.00. The molecule has 0 bridgehead atoms. The van der Waals surface area contributed by atoms with Gasteiger partial charge in [-0.2, -0.15) is 0 Å². The molecular formula is C9H11Cl2NS. The van der Waals surface area contributed by atoms with E-state index in [-0.39, 0.29) is 4.87 Å². The molecule has 0 aliphatic carbocycles. The minimum Gasteiger partial charge on any atom is -0.317 e. The Hall–Kier alpha value is 0.110. The van der Waals surface area contributed by atoms with Crippen LogP contribution in [0.4, 0.5) is 0 Å². The van der Waals surface area contributed by atoms with Crippen LogP contribution in [0.5, 0.6) is 0 Å². The summed E-state index contributed by atoms with van der Waals surface area (Å²) in [4.78, 5) is 0.735. The van der Waals surface area contributed by atoms with Gasteiger partial charge in [0.05, 0.1) is 14.9 Å². The molecule has 0 heterocycles. The molecule has 0 unspecified atom stereocenters. The Morgan fingerprint density at radius 3 is 2.31 bits per heavy atom. The van der Waals surface area contributed by atoms with E-state index in [0.29, 0.717) is 10.0 Å². The zero-order valence-electron chi connectivity index (χ0n) is 7.47. The molecule has 2 N–H and O–H groups in total. The number of halogens is 2. The van der Waals surface area contributed by atoms with Crippen LogP contribution >= 0.6 is 35.0 Å². The summed E-state index contributed by atoms with van der Waals surface area (Å²) in [6, 6.07) is 5.51. The maximum Gasteiger partial charge on any atom is 0.0609 e. The Balaban J connectivity index is 2.86. The molecule has 0 atom stereocenters. The fourth-order valence-electron chi connectivity index (χ4n) is 0.844. The van der Waals surface area contributed by atoms with Gasteiger partial charge >= 0.3 is 0 Å². The van der Waals surface area contributed by atoms with Crippen molar-refractivity contribution in [3.05, 3.63) is 28.2 Å². The zero-order chi connectivity index (χ0) is 10.1. The summed E-state index contributed by atoms with van der Waals surface area (Å²) in [6.45, 7) is 3.89. The molecule has 0 saturated heterocycles. The van der Waals surface area contributed by atoms with Crippen LogP contribution in [0.2, 0.25) is 10.0 Å². The fraction of sp³-hybridized carbons (Fsp3) is 0.333. The summed E-state index contributed by atoms with van der Waals surface area (Å²) in [6.07, 6.45) is 0. The van der Waals surface area contributed by atoms with Crippen molar-refractivity contribution in [3.63, 3.8) is 0 Å². The molecule has 1 aromatic carbocycles. The minimum atomic E-state index is -0.294. The molecule has 0 fully saturated rings. The van der Waals surface area contributed by atoms with Crippen LogP contribution in [0.1, 0.15) is 13.8 Å².